The van der Waals surface area contributed by atoms with Crippen LogP contribution >= 0.6 is 11.6 Å². The van der Waals surface area contributed by atoms with Gasteiger partial charge in [-0.3, -0.25) is 0 Å². The normalized spacial score (nSPS) is 15.2. The molecule has 0 spiro atoms. The Morgan fingerprint density at radius 1 is 1.18 bits per heavy atom. The van der Waals surface area contributed by atoms with E-state index in [0.29, 0.717) is 17.5 Å². The summed E-state index contributed by atoms with van der Waals surface area (Å²) in [5.74, 6) is 0.210. The van der Waals surface area contributed by atoms with Crippen molar-refractivity contribution in [2.75, 3.05) is 32.7 Å². The summed E-state index contributed by atoms with van der Waals surface area (Å²) in [5, 5.41) is 4.88. The lowest BCUT2D eigenvalue weighted by molar-refractivity contribution is 0.168. The Labute approximate surface area is 206 Å². The number of benzene rings is 2. The van der Waals surface area contributed by atoms with Crippen molar-refractivity contribution < 1.29 is 9.18 Å². The molecule has 0 bridgehead atoms. The molecule has 1 fully saturated rings. The van der Waals surface area contributed by atoms with Gasteiger partial charge in [0.05, 0.1) is 5.52 Å². The molecule has 0 atom stereocenters. The Bertz CT molecular complexity index is 1120. The van der Waals surface area contributed by atoms with Crippen molar-refractivity contribution in [1.29, 1.82) is 0 Å². The Morgan fingerprint density at radius 3 is 2.53 bits per heavy atom. The number of amides is 2. The highest BCUT2D eigenvalue weighted by molar-refractivity contribution is 6.31. The topological polar surface area (TPSA) is 40.5 Å². The van der Waals surface area contributed by atoms with Crippen LogP contribution in [-0.2, 0) is 0 Å². The fourth-order valence-corrected chi connectivity index (χ4v) is 5.00. The average molecular weight is 485 g/mol. The van der Waals surface area contributed by atoms with E-state index in [2.05, 4.69) is 27.0 Å². The molecule has 3 aromatic rings. The minimum Gasteiger partial charge on any atom is -0.336 e. The summed E-state index contributed by atoms with van der Waals surface area (Å²) >= 11 is 6.33. The molecule has 34 heavy (non-hydrogen) atoms. The van der Waals surface area contributed by atoms with Crippen LogP contribution in [0.4, 0.5) is 9.18 Å². The van der Waals surface area contributed by atoms with Crippen LogP contribution in [0.25, 0.3) is 16.6 Å². The van der Waals surface area contributed by atoms with Gasteiger partial charge in [0, 0.05) is 48.0 Å². The summed E-state index contributed by atoms with van der Waals surface area (Å²) < 4.78 is 15.6. The number of fused-ring (bicyclic) bond motifs is 1. The number of likely N-dealkylation sites (N-methyl/N-ethyl adjacent to an activating group) is 1. The molecule has 1 aromatic heterocycles. The van der Waals surface area contributed by atoms with Gasteiger partial charge < -0.3 is 19.7 Å². The van der Waals surface area contributed by atoms with E-state index in [9.17, 15) is 9.18 Å². The van der Waals surface area contributed by atoms with E-state index in [1.54, 1.807) is 12.1 Å². The highest BCUT2D eigenvalue weighted by Gasteiger charge is 2.25. The quantitative estimate of drug-likeness (QED) is 0.444. The van der Waals surface area contributed by atoms with E-state index < -0.39 is 0 Å². The summed E-state index contributed by atoms with van der Waals surface area (Å²) in [5.41, 5.74) is 3.30. The van der Waals surface area contributed by atoms with E-state index in [4.69, 9.17) is 11.6 Å². The molecule has 1 saturated heterocycles. The second kappa shape index (κ2) is 10.8. The monoisotopic (exact) mass is 484 g/mol. The minimum atomic E-state index is -0.242. The van der Waals surface area contributed by atoms with Crippen LogP contribution in [0.3, 0.4) is 0 Å². The molecule has 0 radical (unpaired) electrons. The molecule has 2 heterocycles. The predicted molar refractivity (Wildman–Crippen MR) is 138 cm³/mol. The number of carbonyl (C=O) groups excluding carboxylic acids is 1. The molecule has 7 heteroatoms. The van der Waals surface area contributed by atoms with Crippen molar-refractivity contribution in [1.82, 2.24) is 19.7 Å². The van der Waals surface area contributed by atoms with E-state index in [1.807, 2.05) is 37.8 Å². The van der Waals surface area contributed by atoms with Gasteiger partial charge in [-0.25, -0.2) is 9.18 Å². The van der Waals surface area contributed by atoms with Crippen molar-refractivity contribution in [3.63, 3.8) is 0 Å². The van der Waals surface area contributed by atoms with Gasteiger partial charge in [-0.1, -0.05) is 17.7 Å². The van der Waals surface area contributed by atoms with Gasteiger partial charge in [0.25, 0.3) is 0 Å². The lowest BCUT2D eigenvalue weighted by Crippen LogP contribution is -2.46. The first-order valence-electron chi connectivity index (χ1n) is 12.2. The SMILES string of the molecule is CCN(CCN1CCC(c2cn(-c3ccc(F)cc3)c3cc(Cl)ccc23)CC1)C(=O)NC(C)C. The second-order valence-corrected chi connectivity index (χ2v) is 9.83. The first kappa shape index (κ1) is 24.6. The number of piperidine rings is 1. The fraction of sp³-hybridized carbons (Fsp3) is 0.444. The summed E-state index contributed by atoms with van der Waals surface area (Å²) in [6, 6.07) is 12.8. The molecule has 4 rings (SSSR count). The molecule has 0 saturated carbocycles. The molecule has 0 unspecified atom stereocenters. The lowest BCUT2D eigenvalue weighted by Gasteiger charge is -2.33. The van der Waals surface area contributed by atoms with Crippen molar-refractivity contribution in [3.05, 3.63) is 65.1 Å². The highest BCUT2D eigenvalue weighted by Crippen LogP contribution is 2.36. The third-order valence-corrected chi connectivity index (χ3v) is 6.93. The van der Waals surface area contributed by atoms with E-state index >= 15 is 0 Å². The Kier molecular flexibility index (Phi) is 7.79. The largest absolute Gasteiger partial charge is 0.336 e. The van der Waals surface area contributed by atoms with Gasteiger partial charge in [0.2, 0.25) is 0 Å². The fourth-order valence-electron chi connectivity index (χ4n) is 4.84. The van der Waals surface area contributed by atoms with Gasteiger partial charge in [-0.05, 0) is 94.6 Å². The van der Waals surface area contributed by atoms with Crippen molar-refractivity contribution >= 4 is 28.5 Å². The maximum Gasteiger partial charge on any atom is 0.317 e. The average Bonchev–Trinajstić information content (AvgIpc) is 3.18. The maximum absolute atomic E-state index is 13.5. The van der Waals surface area contributed by atoms with E-state index in [-0.39, 0.29) is 17.9 Å². The third-order valence-electron chi connectivity index (χ3n) is 6.70. The summed E-state index contributed by atoms with van der Waals surface area (Å²) in [6.45, 7) is 10.3. The van der Waals surface area contributed by atoms with Gasteiger partial charge in [0.1, 0.15) is 5.82 Å². The number of likely N-dealkylation sites (tertiary alicyclic amines) is 1. The summed E-state index contributed by atoms with van der Waals surface area (Å²) in [4.78, 5) is 16.7. The van der Waals surface area contributed by atoms with E-state index in [0.717, 1.165) is 50.2 Å². The molecule has 0 aliphatic carbocycles. The smallest absolute Gasteiger partial charge is 0.317 e. The van der Waals surface area contributed by atoms with Crippen molar-refractivity contribution in [2.24, 2.45) is 0 Å². The van der Waals surface area contributed by atoms with Crippen LogP contribution in [0.2, 0.25) is 5.02 Å². The molecular weight excluding hydrogens is 451 g/mol. The Balaban J connectivity index is 1.45. The number of hydrogen-bond donors (Lipinski definition) is 1. The standard InChI is InChI=1S/C27H34ClFN4O/c1-4-32(27(34)30-19(2)3)16-15-31-13-11-20(12-14-31)25-18-33(23-8-6-22(29)7-9-23)26-17-21(28)5-10-24(25)26/h5-10,17-20H,4,11-16H2,1-3H3,(H,30,34). The zero-order valence-electron chi connectivity index (χ0n) is 20.2. The van der Waals surface area contributed by atoms with Crippen LogP contribution in [0, 0.1) is 5.82 Å². The number of aromatic nitrogens is 1. The molecule has 1 aliphatic heterocycles. The van der Waals surface area contributed by atoms with Gasteiger partial charge in [-0.15, -0.1) is 0 Å². The Morgan fingerprint density at radius 2 is 1.88 bits per heavy atom. The number of halogens is 2. The second-order valence-electron chi connectivity index (χ2n) is 9.39. The van der Waals surface area contributed by atoms with Crippen LogP contribution in [0.5, 0.6) is 0 Å². The molecule has 2 aromatic carbocycles. The molecule has 5 nitrogen and oxygen atoms in total. The highest BCUT2D eigenvalue weighted by atomic mass is 35.5. The predicted octanol–water partition coefficient (Wildman–Crippen LogP) is 6.04. The summed E-state index contributed by atoms with van der Waals surface area (Å²) in [7, 11) is 0. The van der Waals surface area contributed by atoms with Crippen LogP contribution < -0.4 is 5.32 Å². The number of urea groups is 1. The molecular formula is C27H34ClFN4O. The van der Waals surface area contributed by atoms with Gasteiger partial charge in [0.15, 0.2) is 0 Å². The Hall–Kier alpha value is -2.57. The van der Waals surface area contributed by atoms with Gasteiger partial charge in [-0.2, -0.15) is 0 Å². The number of rotatable bonds is 7. The third kappa shape index (κ3) is 5.56. The number of nitrogens with zero attached hydrogens (tertiary/aromatic N) is 3. The first-order valence-corrected chi connectivity index (χ1v) is 12.6. The summed E-state index contributed by atoms with van der Waals surface area (Å²) in [6.07, 6.45) is 4.33. The zero-order valence-corrected chi connectivity index (χ0v) is 21.0. The number of hydrogen-bond acceptors (Lipinski definition) is 2. The van der Waals surface area contributed by atoms with Crippen molar-refractivity contribution in [2.45, 2.75) is 45.6 Å². The zero-order chi connectivity index (χ0) is 24.2. The first-order chi connectivity index (χ1) is 16.4. The van der Waals surface area contributed by atoms with Crippen LogP contribution in [0.15, 0.2) is 48.7 Å². The molecule has 2 amide bonds. The molecule has 1 aliphatic rings. The van der Waals surface area contributed by atoms with Crippen LogP contribution in [0.1, 0.15) is 45.1 Å². The lowest BCUT2D eigenvalue weighted by atomic mass is 9.89. The number of carbonyl (C=O) groups is 1. The molecule has 182 valence electrons. The van der Waals surface area contributed by atoms with Crippen LogP contribution in [-0.4, -0.2) is 59.2 Å². The minimum absolute atomic E-state index is 0.0136. The van der Waals surface area contributed by atoms with E-state index in [1.165, 1.54) is 23.1 Å². The van der Waals surface area contributed by atoms with Crippen molar-refractivity contribution in [3.8, 4) is 5.69 Å². The maximum atomic E-state index is 13.5. The molecule has 1 N–H and O–H groups in total. The number of nitrogens with one attached hydrogen (secondary N) is 1. The van der Waals surface area contributed by atoms with Gasteiger partial charge >= 0.3 is 6.03 Å².